The molecule has 1 aromatic heterocycles. The Kier molecular flexibility index (Phi) is 4.70. The van der Waals surface area contributed by atoms with Gasteiger partial charge in [0.1, 0.15) is 0 Å². The highest BCUT2D eigenvalue weighted by Gasteiger charge is 2.17. The summed E-state index contributed by atoms with van der Waals surface area (Å²) in [6, 6.07) is 32.2. The zero-order valence-electron chi connectivity index (χ0n) is 17.6. The van der Waals surface area contributed by atoms with Crippen LogP contribution in [0.5, 0.6) is 0 Å². The van der Waals surface area contributed by atoms with E-state index in [1.54, 1.807) is 0 Å². The van der Waals surface area contributed by atoms with Crippen molar-refractivity contribution >= 4 is 39.0 Å². The molecule has 1 heterocycles. The predicted octanol–water partition coefficient (Wildman–Crippen LogP) is 8.84. The van der Waals surface area contributed by atoms with E-state index in [2.05, 4.69) is 108 Å². The summed E-state index contributed by atoms with van der Waals surface area (Å²) in [7, 11) is 0. The van der Waals surface area contributed by atoms with Crippen LogP contribution in [0.2, 0.25) is 5.02 Å². The maximum atomic E-state index is 6.47. The van der Waals surface area contributed by atoms with E-state index in [9.17, 15) is 0 Å². The largest absolute Gasteiger partial charge is 0.309 e. The first-order valence-corrected chi connectivity index (χ1v) is 11.4. The second-order valence-corrected chi connectivity index (χ2v) is 8.70. The van der Waals surface area contributed by atoms with Crippen molar-refractivity contribution in [1.29, 1.82) is 0 Å². The molecule has 0 bridgehead atoms. The van der Waals surface area contributed by atoms with Crippen LogP contribution in [0.25, 0.3) is 44.2 Å². The average molecular weight is 432 g/mol. The van der Waals surface area contributed by atoms with Crippen LogP contribution in [0.1, 0.15) is 18.4 Å². The van der Waals surface area contributed by atoms with Gasteiger partial charge in [-0.25, -0.2) is 0 Å². The molecule has 6 rings (SSSR count). The maximum absolute atomic E-state index is 6.47. The maximum Gasteiger partial charge on any atom is 0.0547 e. The summed E-state index contributed by atoms with van der Waals surface area (Å²) in [5.74, 6) is 0. The zero-order chi connectivity index (χ0) is 21.5. The van der Waals surface area contributed by atoms with Crippen molar-refractivity contribution in [3.63, 3.8) is 0 Å². The Morgan fingerprint density at radius 1 is 0.719 bits per heavy atom. The first kappa shape index (κ1) is 19.2. The van der Waals surface area contributed by atoms with E-state index in [0.717, 1.165) is 23.6 Å². The van der Waals surface area contributed by atoms with Crippen molar-refractivity contribution in [2.24, 2.45) is 0 Å². The Morgan fingerprint density at radius 2 is 1.53 bits per heavy atom. The molecule has 5 aromatic rings. The van der Waals surface area contributed by atoms with Gasteiger partial charge in [0, 0.05) is 21.5 Å². The van der Waals surface area contributed by atoms with Gasteiger partial charge in [0.05, 0.1) is 11.0 Å². The number of fused-ring (bicyclic) bond motifs is 3. The van der Waals surface area contributed by atoms with Crippen molar-refractivity contribution in [3.8, 4) is 16.8 Å². The second kappa shape index (κ2) is 7.85. The summed E-state index contributed by atoms with van der Waals surface area (Å²) in [5, 5.41) is 3.24. The van der Waals surface area contributed by atoms with E-state index >= 15 is 0 Å². The number of hydrogen-bond donors (Lipinski definition) is 0. The molecule has 1 aliphatic rings. The molecule has 32 heavy (non-hydrogen) atoms. The van der Waals surface area contributed by atoms with Crippen LogP contribution >= 0.6 is 11.6 Å². The lowest BCUT2D eigenvalue weighted by Gasteiger charge is -2.12. The van der Waals surface area contributed by atoms with Crippen LogP contribution in [0, 0.1) is 0 Å². The number of rotatable bonds is 3. The number of hydrogen-bond acceptors (Lipinski definition) is 0. The lowest BCUT2D eigenvalue weighted by molar-refractivity contribution is 1.06. The number of aromatic nitrogens is 1. The Morgan fingerprint density at radius 3 is 2.31 bits per heavy atom. The zero-order valence-corrected chi connectivity index (χ0v) is 18.4. The van der Waals surface area contributed by atoms with Gasteiger partial charge < -0.3 is 4.57 Å². The SMILES string of the molecule is Clc1ccc2c(c1)c1c(C3=CC=CCC3)cccc1n2-c1ccc(-c2ccccc2)cc1. The van der Waals surface area contributed by atoms with Crippen LogP contribution in [0.3, 0.4) is 0 Å². The molecule has 4 aromatic carbocycles. The Bertz CT molecular complexity index is 1500. The van der Waals surface area contributed by atoms with Gasteiger partial charge in [-0.1, -0.05) is 84.4 Å². The predicted molar refractivity (Wildman–Crippen MR) is 138 cm³/mol. The minimum Gasteiger partial charge on any atom is -0.309 e. The summed E-state index contributed by atoms with van der Waals surface area (Å²) in [6.07, 6.45) is 8.81. The van der Waals surface area contributed by atoms with E-state index in [-0.39, 0.29) is 0 Å². The van der Waals surface area contributed by atoms with Gasteiger partial charge in [-0.3, -0.25) is 0 Å². The molecule has 2 heteroatoms. The number of nitrogens with zero attached hydrogens (tertiary/aromatic N) is 1. The van der Waals surface area contributed by atoms with Crippen molar-refractivity contribution in [3.05, 3.63) is 120 Å². The molecule has 0 unspecified atom stereocenters. The molecule has 1 aliphatic carbocycles. The summed E-state index contributed by atoms with van der Waals surface area (Å²) in [4.78, 5) is 0. The fourth-order valence-electron chi connectivity index (χ4n) is 4.85. The second-order valence-electron chi connectivity index (χ2n) is 8.27. The van der Waals surface area contributed by atoms with Crippen molar-refractivity contribution in [2.75, 3.05) is 0 Å². The smallest absolute Gasteiger partial charge is 0.0547 e. The van der Waals surface area contributed by atoms with E-state index in [0.29, 0.717) is 0 Å². The molecular formula is C30H22ClN. The molecule has 0 N–H and O–H groups in total. The first-order valence-electron chi connectivity index (χ1n) is 11.0. The van der Waals surface area contributed by atoms with E-state index in [4.69, 9.17) is 11.6 Å². The topological polar surface area (TPSA) is 4.93 Å². The van der Waals surface area contributed by atoms with Crippen LogP contribution in [0.4, 0.5) is 0 Å². The van der Waals surface area contributed by atoms with Gasteiger partial charge in [0.2, 0.25) is 0 Å². The molecule has 0 spiro atoms. The quantitative estimate of drug-likeness (QED) is 0.269. The Balaban J connectivity index is 1.60. The third kappa shape index (κ3) is 3.18. The fourth-order valence-corrected chi connectivity index (χ4v) is 5.02. The molecule has 0 fully saturated rings. The van der Waals surface area contributed by atoms with E-state index in [1.165, 1.54) is 44.1 Å². The first-order chi connectivity index (χ1) is 15.8. The van der Waals surface area contributed by atoms with E-state index in [1.807, 2.05) is 6.07 Å². The monoisotopic (exact) mass is 431 g/mol. The number of benzene rings is 4. The molecule has 0 radical (unpaired) electrons. The van der Waals surface area contributed by atoms with Crippen LogP contribution in [-0.2, 0) is 0 Å². The van der Waals surface area contributed by atoms with Crippen molar-refractivity contribution in [1.82, 2.24) is 4.57 Å². The molecule has 0 amide bonds. The summed E-state index contributed by atoms with van der Waals surface area (Å²) in [5.41, 5.74) is 8.68. The summed E-state index contributed by atoms with van der Waals surface area (Å²) >= 11 is 6.47. The number of halogens is 1. The number of allylic oxidation sites excluding steroid dienone is 4. The van der Waals surface area contributed by atoms with Crippen molar-refractivity contribution < 1.29 is 0 Å². The lowest BCUT2D eigenvalue weighted by atomic mass is 9.93. The minimum absolute atomic E-state index is 0.767. The normalized spacial score (nSPS) is 13.6. The highest BCUT2D eigenvalue weighted by Crippen LogP contribution is 2.39. The van der Waals surface area contributed by atoms with Gasteiger partial charge in [-0.15, -0.1) is 0 Å². The molecule has 0 aliphatic heterocycles. The highest BCUT2D eigenvalue weighted by molar-refractivity contribution is 6.32. The average Bonchev–Trinajstić information content (AvgIpc) is 3.19. The minimum atomic E-state index is 0.767. The van der Waals surface area contributed by atoms with Crippen molar-refractivity contribution in [2.45, 2.75) is 12.8 Å². The van der Waals surface area contributed by atoms with Gasteiger partial charge >= 0.3 is 0 Å². The van der Waals surface area contributed by atoms with Crippen LogP contribution in [-0.4, -0.2) is 4.57 Å². The molecule has 1 nitrogen and oxygen atoms in total. The van der Waals surface area contributed by atoms with Crippen LogP contribution < -0.4 is 0 Å². The van der Waals surface area contributed by atoms with Crippen LogP contribution in [0.15, 0.2) is 109 Å². The van der Waals surface area contributed by atoms with Gasteiger partial charge in [-0.05, 0) is 71.5 Å². The van der Waals surface area contributed by atoms with E-state index < -0.39 is 0 Å². The molecule has 0 atom stereocenters. The molecule has 0 saturated carbocycles. The van der Waals surface area contributed by atoms with Gasteiger partial charge in [0.25, 0.3) is 0 Å². The Hall–Kier alpha value is -3.55. The molecule has 154 valence electrons. The standard InChI is InChI=1S/C30H22ClN/c31-24-16-19-28-27(20-24)30-26(23-10-5-2-6-11-23)12-7-13-29(30)32(28)25-17-14-22(15-18-25)21-8-3-1-4-9-21/h1-5,7-10,12-20H,6,11H2. The summed E-state index contributed by atoms with van der Waals surface area (Å²) < 4.78 is 2.36. The Labute approximate surface area is 192 Å². The lowest BCUT2D eigenvalue weighted by Crippen LogP contribution is -1.94. The third-order valence-corrected chi connectivity index (χ3v) is 6.58. The van der Waals surface area contributed by atoms with Gasteiger partial charge in [-0.2, -0.15) is 0 Å². The highest BCUT2D eigenvalue weighted by atomic mass is 35.5. The fraction of sp³-hybridized carbons (Fsp3) is 0.0667. The van der Waals surface area contributed by atoms with Gasteiger partial charge in [0.15, 0.2) is 0 Å². The molecular weight excluding hydrogens is 410 g/mol. The third-order valence-electron chi connectivity index (χ3n) is 6.34. The molecule has 0 saturated heterocycles. The summed E-state index contributed by atoms with van der Waals surface area (Å²) in [6.45, 7) is 0.